The molecular formula is C38H37ClN4O5S. The Balaban J connectivity index is 1.37. The van der Waals surface area contributed by atoms with Gasteiger partial charge in [-0.15, -0.1) is 0 Å². The summed E-state index contributed by atoms with van der Waals surface area (Å²) in [7, 11) is -2.23. The molecule has 0 saturated carbocycles. The van der Waals surface area contributed by atoms with Gasteiger partial charge < -0.3 is 14.0 Å². The minimum atomic E-state index is -3.58. The Morgan fingerprint density at radius 1 is 0.898 bits per heavy atom. The van der Waals surface area contributed by atoms with Crippen molar-refractivity contribution in [1.29, 1.82) is 0 Å². The zero-order valence-corrected chi connectivity index (χ0v) is 28.6. The van der Waals surface area contributed by atoms with Crippen LogP contribution in [0.5, 0.6) is 5.75 Å². The van der Waals surface area contributed by atoms with Crippen molar-refractivity contribution >= 4 is 38.5 Å². The van der Waals surface area contributed by atoms with Gasteiger partial charge in [0.25, 0.3) is 0 Å². The number of hydrogen-bond acceptors (Lipinski definition) is 6. The largest absolute Gasteiger partial charge is 0.493 e. The number of carbonyl (C=O) groups excluding carboxylic acids is 1. The maximum absolute atomic E-state index is 13.1. The second-order valence-electron chi connectivity index (χ2n) is 11.5. The van der Waals surface area contributed by atoms with Gasteiger partial charge >= 0.3 is 5.97 Å². The van der Waals surface area contributed by atoms with Crippen LogP contribution in [-0.4, -0.2) is 54.7 Å². The van der Waals surface area contributed by atoms with Gasteiger partial charge in [0.2, 0.25) is 10.0 Å². The number of fused-ring (bicyclic) bond motifs is 1. The number of rotatable bonds is 15. The first-order valence-corrected chi connectivity index (χ1v) is 18.0. The van der Waals surface area contributed by atoms with E-state index in [0.29, 0.717) is 35.8 Å². The van der Waals surface area contributed by atoms with Crippen LogP contribution in [0.25, 0.3) is 10.9 Å². The topological polar surface area (TPSA) is 104 Å². The molecule has 4 aromatic carbocycles. The average molecular weight is 697 g/mol. The molecule has 2 heterocycles. The maximum Gasteiger partial charge on any atom is 0.337 e. The third-order valence-corrected chi connectivity index (χ3v) is 10.00. The SMILES string of the molecule is COC(=O)c1ccc(OCCc2c(CCNS(=O)(=O)CCn3cccn3)n(C(c3ccccc3)c3ccccc3)c3ccc(Cl)cc23)cc1. The molecule has 252 valence electrons. The summed E-state index contributed by atoms with van der Waals surface area (Å²) in [6.07, 6.45) is 4.32. The van der Waals surface area contributed by atoms with Crippen molar-refractivity contribution in [2.45, 2.75) is 25.4 Å². The van der Waals surface area contributed by atoms with Crippen LogP contribution < -0.4 is 9.46 Å². The number of hydrogen-bond donors (Lipinski definition) is 1. The van der Waals surface area contributed by atoms with Crippen LogP contribution in [0.1, 0.15) is 38.8 Å². The molecule has 0 unspecified atom stereocenters. The molecule has 6 rings (SSSR count). The highest BCUT2D eigenvalue weighted by molar-refractivity contribution is 7.89. The molecule has 0 aliphatic carbocycles. The van der Waals surface area contributed by atoms with Gasteiger partial charge in [0.1, 0.15) is 5.75 Å². The molecule has 1 N–H and O–H groups in total. The number of aryl methyl sites for hydroxylation is 1. The third-order valence-electron chi connectivity index (χ3n) is 8.40. The smallest absolute Gasteiger partial charge is 0.337 e. The standard InChI is InChI=1S/C38H37ClN4O5S/c1-47-38(44)30-13-16-32(17-14-30)48-25-20-33-34-27-31(39)15-18-35(34)43(37(28-9-4-2-5-10-28)29-11-6-3-7-12-29)36(33)19-22-41-49(45,46)26-24-42-23-8-21-40-42/h2-18,21,23,27,37,41H,19-20,22,24-26H2,1H3. The summed E-state index contributed by atoms with van der Waals surface area (Å²) < 4.78 is 43.8. The summed E-state index contributed by atoms with van der Waals surface area (Å²) in [5.74, 6) is 0.121. The van der Waals surface area contributed by atoms with Crippen LogP contribution in [-0.2, 0) is 34.1 Å². The molecule has 2 aromatic heterocycles. The predicted octanol–water partition coefficient (Wildman–Crippen LogP) is 6.70. The Hall–Kier alpha value is -4.90. The first-order valence-electron chi connectivity index (χ1n) is 16.0. The van der Waals surface area contributed by atoms with Crippen LogP contribution >= 0.6 is 11.6 Å². The molecular weight excluding hydrogens is 660 g/mol. The fraction of sp³-hybridized carbons (Fsp3) is 0.211. The predicted molar refractivity (Wildman–Crippen MR) is 192 cm³/mol. The van der Waals surface area contributed by atoms with Crippen molar-refractivity contribution in [3.8, 4) is 5.75 Å². The Labute approximate surface area is 291 Å². The van der Waals surface area contributed by atoms with Crippen LogP contribution in [0, 0.1) is 0 Å². The van der Waals surface area contributed by atoms with Crippen molar-refractivity contribution < 1.29 is 22.7 Å². The Bertz CT molecular complexity index is 2060. The van der Waals surface area contributed by atoms with Crippen molar-refractivity contribution in [1.82, 2.24) is 19.1 Å². The summed E-state index contributed by atoms with van der Waals surface area (Å²) in [6.45, 7) is 0.798. The molecule has 9 nitrogen and oxygen atoms in total. The molecule has 11 heteroatoms. The second kappa shape index (κ2) is 15.5. The van der Waals surface area contributed by atoms with Crippen molar-refractivity contribution in [3.63, 3.8) is 0 Å². The molecule has 0 amide bonds. The number of sulfonamides is 1. The Morgan fingerprint density at radius 2 is 1.59 bits per heavy atom. The molecule has 49 heavy (non-hydrogen) atoms. The Morgan fingerprint density at radius 3 is 2.22 bits per heavy atom. The van der Waals surface area contributed by atoms with E-state index in [1.165, 1.54) is 7.11 Å². The normalized spacial score (nSPS) is 11.7. The van der Waals surface area contributed by atoms with E-state index in [1.807, 2.05) is 54.6 Å². The van der Waals surface area contributed by atoms with Crippen molar-refractivity contribution in [3.05, 3.63) is 155 Å². The van der Waals surface area contributed by atoms with E-state index < -0.39 is 16.0 Å². The van der Waals surface area contributed by atoms with Gasteiger partial charge in [-0.3, -0.25) is 4.68 Å². The number of benzene rings is 4. The molecule has 0 aliphatic heterocycles. The monoisotopic (exact) mass is 696 g/mol. The number of halogens is 1. The zero-order valence-electron chi connectivity index (χ0n) is 27.0. The van der Waals surface area contributed by atoms with E-state index >= 15 is 0 Å². The fourth-order valence-electron chi connectivity index (χ4n) is 6.13. The van der Waals surface area contributed by atoms with Crippen LogP contribution in [0.3, 0.4) is 0 Å². The average Bonchev–Trinajstić information content (AvgIpc) is 3.75. The van der Waals surface area contributed by atoms with Crippen LogP contribution in [0.15, 0.2) is 122 Å². The number of ether oxygens (including phenoxy) is 2. The fourth-order valence-corrected chi connectivity index (χ4v) is 7.29. The highest BCUT2D eigenvalue weighted by Crippen LogP contribution is 2.37. The first-order chi connectivity index (χ1) is 23.8. The van der Waals surface area contributed by atoms with E-state index in [0.717, 1.165) is 33.3 Å². The van der Waals surface area contributed by atoms with E-state index in [9.17, 15) is 13.2 Å². The van der Waals surface area contributed by atoms with Crippen LogP contribution in [0.4, 0.5) is 0 Å². The van der Waals surface area contributed by atoms with Gasteiger partial charge in [-0.25, -0.2) is 17.9 Å². The summed E-state index contributed by atoms with van der Waals surface area (Å²) in [5.41, 5.74) is 5.61. The minimum absolute atomic E-state index is 0.0839. The van der Waals surface area contributed by atoms with E-state index in [-0.39, 0.29) is 24.9 Å². The summed E-state index contributed by atoms with van der Waals surface area (Å²) >= 11 is 6.61. The molecule has 0 aliphatic rings. The summed E-state index contributed by atoms with van der Waals surface area (Å²) in [4.78, 5) is 11.9. The van der Waals surface area contributed by atoms with Gasteiger partial charge in [-0.05, 0) is 65.2 Å². The van der Waals surface area contributed by atoms with Gasteiger partial charge in [-0.1, -0.05) is 72.3 Å². The van der Waals surface area contributed by atoms with Gasteiger partial charge in [0.05, 0.1) is 37.6 Å². The van der Waals surface area contributed by atoms with Gasteiger partial charge in [0, 0.05) is 53.4 Å². The lowest BCUT2D eigenvalue weighted by atomic mass is 9.97. The first kappa shape index (κ1) is 34.0. The van der Waals surface area contributed by atoms with Gasteiger partial charge in [-0.2, -0.15) is 5.10 Å². The molecule has 0 radical (unpaired) electrons. The maximum atomic E-state index is 13.1. The van der Waals surface area contributed by atoms with Crippen molar-refractivity contribution in [2.75, 3.05) is 26.0 Å². The number of esters is 1. The van der Waals surface area contributed by atoms with Crippen LogP contribution in [0.2, 0.25) is 5.02 Å². The lowest BCUT2D eigenvalue weighted by molar-refractivity contribution is 0.0600. The van der Waals surface area contributed by atoms with Crippen molar-refractivity contribution in [2.24, 2.45) is 0 Å². The number of carbonyl (C=O) groups is 1. The third kappa shape index (κ3) is 8.22. The van der Waals surface area contributed by atoms with E-state index in [2.05, 4.69) is 38.7 Å². The lowest BCUT2D eigenvalue weighted by Gasteiger charge is -2.25. The number of nitrogens with zero attached hydrogens (tertiary/aromatic N) is 3. The number of aromatic nitrogens is 3. The molecule has 6 aromatic rings. The molecule has 0 spiro atoms. The summed E-state index contributed by atoms with van der Waals surface area (Å²) in [6, 6.07) is 34.8. The zero-order chi connectivity index (χ0) is 34.2. The Kier molecular flexibility index (Phi) is 10.8. The quantitative estimate of drug-likeness (QED) is 0.120. The molecule has 0 bridgehead atoms. The molecule has 0 saturated heterocycles. The number of methoxy groups -OCH3 is 1. The highest BCUT2D eigenvalue weighted by Gasteiger charge is 2.26. The molecule has 0 fully saturated rings. The van der Waals surface area contributed by atoms with E-state index in [4.69, 9.17) is 21.1 Å². The van der Waals surface area contributed by atoms with Gasteiger partial charge in [0.15, 0.2) is 0 Å². The lowest BCUT2D eigenvalue weighted by Crippen LogP contribution is -2.31. The highest BCUT2D eigenvalue weighted by atomic mass is 35.5. The number of nitrogens with one attached hydrogen (secondary N) is 1. The molecule has 0 atom stereocenters. The van der Waals surface area contributed by atoms with E-state index in [1.54, 1.807) is 47.4 Å². The second-order valence-corrected chi connectivity index (χ2v) is 13.9. The minimum Gasteiger partial charge on any atom is -0.493 e. The summed E-state index contributed by atoms with van der Waals surface area (Å²) in [5, 5.41) is 5.70.